The molecule has 7 heteroatoms. The number of amides is 1. The molecule has 1 amide bonds. The number of nitrogens with zero attached hydrogens (tertiary/aromatic N) is 2. The average Bonchev–Trinajstić information content (AvgIpc) is 2.75. The zero-order valence-corrected chi connectivity index (χ0v) is 20.7. The van der Waals surface area contributed by atoms with Crippen LogP contribution in [0.3, 0.4) is 0 Å². The van der Waals surface area contributed by atoms with Crippen LogP contribution in [0.1, 0.15) is 64.0 Å². The first kappa shape index (κ1) is 26.6. The summed E-state index contributed by atoms with van der Waals surface area (Å²) in [5, 5.41) is 12.3. The molecule has 2 rings (SSSR count). The molecule has 1 aromatic rings. The minimum Gasteiger partial charge on any atom is -0.491 e. The Morgan fingerprint density at radius 1 is 1.06 bits per heavy atom. The molecule has 182 valence electrons. The van der Waals surface area contributed by atoms with Gasteiger partial charge < -0.3 is 24.8 Å². The summed E-state index contributed by atoms with van der Waals surface area (Å²) in [6.07, 6.45) is 0.805. The molecule has 0 saturated carbocycles. The molecule has 0 aliphatic carbocycles. The molecule has 1 saturated heterocycles. The van der Waals surface area contributed by atoms with Gasteiger partial charge in [0.25, 0.3) is 0 Å². The van der Waals surface area contributed by atoms with Gasteiger partial charge in [0.05, 0.1) is 18.8 Å². The first-order chi connectivity index (χ1) is 15.4. The van der Waals surface area contributed by atoms with Crippen LogP contribution in [0.15, 0.2) is 12.1 Å². The molecular weight excluding hydrogens is 406 g/mol. The number of hydrogen-bond acceptors (Lipinski definition) is 6. The van der Waals surface area contributed by atoms with E-state index in [-0.39, 0.29) is 24.3 Å². The van der Waals surface area contributed by atoms with Crippen molar-refractivity contribution in [1.29, 1.82) is 0 Å². The topological polar surface area (TPSA) is 74.3 Å². The molecule has 1 aromatic carbocycles. The Morgan fingerprint density at radius 2 is 1.75 bits per heavy atom. The average molecular weight is 450 g/mol. The summed E-state index contributed by atoms with van der Waals surface area (Å²) >= 11 is 0. The summed E-state index contributed by atoms with van der Waals surface area (Å²) in [5.41, 5.74) is 3.08. The lowest BCUT2D eigenvalue weighted by atomic mass is 9.91. The lowest BCUT2D eigenvalue weighted by molar-refractivity contribution is -0.117. The summed E-state index contributed by atoms with van der Waals surface area (Å²) in [4.78, 5) is 17.6. The Labute approximate surface area is 194 Å². The fourth-order valence-electron chi connectivity index (χ4n) is 4.14. The lowest BCUT2D eigenvalue weighted by Gasteiger charge is -2.34. The number of piperazine rings is 1. The minimum absolute atomic E-state index is 0.0177. The van der Waals surface area contributed by atoms with Gasteiger partial charge in [-0.3, -0.25) is 9.69 Å². The molecule has 1 aliphatic rings. The van der Waals surface area contributed by atoms with Crippen LogP contribution in [0.5, 0.6) is 5.75 Å². The van der Waals surface area contributed by atoms with Gasteiger partial charge in [-0.05, 0) is 36.8 Å². The van der Waals surface area contributed by atoms with Crippen molar-refractivity contribution in [2.45, 2.75) is 52.9 Å². The van der Waals surface area contributed by atoms with Gasteiger partial charge in [0.15, 0.2) is 0 Å². The molecule has 0 unspecified atom stereocenters. The lowest BCUT2D eigenvalue weighted by Crippen LogP contribution is -2.48. The van der Waals surface area contributed by atoms with E-state index in [0.29, 0.717) is 26.4 Å². The van der Waals surface area contributed by atoms with Gasteiger partial charge in [-0.15, -0.1) is 0 Å². The number of benzene rings is 1. The number of rotatable bonds is 13. The number of aliphatic hydroxyl groups is 1. The van der Waals surface area contributed by atoms with Crippen LogP contribution in [0.2, 0.25) is 0 Å². The summed E-state index contributed by atoms with van der Waals surface area (Å²) < 4.78 is 11.5. The minimum atomic E-state index is 0.0177. The van der Waals surface area contributed by atoms with Crippen molar-refractivity contribution >= 4 is 11.6 Å². The van der Waals surface area contributed by atoms with E-state index in [4.69, 9.17) is 14.6 Å². The second-order valence-corrected chi connectivity index (χ2v) is 9.04. The van der Waals surface area contributed by atoms with Crippen LogP contribution in [-0.4, -0.2) is 86.5 Å². The zero-order chi connectivity index (χ0) is 23.5. The Kier molecular flexibility index (Phi) is 11.4. The SMILES string of the molecule is CCOCCOc1ccc(C(C)C)c(NC(=O)CN2CCN(CCCO)CC2)c1C(C)C. The van der Waals surface area contributed by atoms with Gasteiger partial charge in [0, 0.05) is 51.5 Å². The van der Waals surface area contributed by atoms with E-state index in [1.54, 1.807) is 0 Å². The van der Waals surface area contributed by atoms with E-state index in [1.165, 1.54) is 0 Å². The third kappa shape index (κ3) is 8.03. The third-order valence-electron chi connectivity index (χ3n) is 5.86. The van der Waals surface area contributed by atoms with Gasteiger partial charge in [-0.2, -0.15) is 0 Å². The number of nitrogens with one attached hydrogen (secondary N) is 1. The van der Waals surface area contributed by atoms with Crippen molar-refractivity contribution in [2.75, 3.05) is 71.0 Å². The van der Waals surface area contributed by atoms with Crippen molar-refractivity contribution in [3.63, 3.8) is 0 Å². The van der Waals surface area contributed by atoms with Crippen molar-refractivity contribution in [1.82, 2.24) is 9.80 Å². The van der Waals surface area contributed by atoms with Crippen LogP contribution >= 0.6 is 0 Å². The van der Waals surface area contributed by atoms with Gasteiger partial charge >= 0.3 is 0 Å². The largest absolute Gasteiger partial charge is 0.491 e. The van der Waals surface area contributed by atoms with Crippen molar-refractivity contribution in [3.05, 3.63) is 23.3 Å². The molecule has 7 nitrogen and oxygen atoms in total. The predicted molar refractivity (Wildman–Crippen MR) is 130 cm³/mol. The molecule has 1 aliphatic heterocycles. The van der Waals surface area contributed by atoms with Crippen LogP contribution in [0.4, 0.5) is 5.69 Å². The number of carbonyl (C=O) groups excluding carboxylic acids is 1. The summed E-state index contributed by atoms with van der Waals surface area (Å²) in [5.74, 6) is 1.33. The molecule has 0 atom stereocenters. The maximum absolute atomic E-state index is 13.0. The number of carbonyl (C=O) groups is 1. The maximum Gasteiger partial charge on any atom is 0.238 e. The van der Waals surface area contributed by atoms with Crippen LogP contribution in [-0.2, 0) is 9.53 Å². The first-order valence-electron chi connectivity index (χ1n) is 12.1. The highest BCUT2D eigenvalue weighted by molar-refractivity contribution is 5.94. The molecule has 0 aromatic heterocycles. The van der Waals surface area contributed by atoms with Crippen molar-refractivity contribution in [3.8, 4) is 5.75 Å². The van der Waals surface area contributed by atoms with E-state index in [2.05, 4.69) is 48.9 Å². The molecule has 0 bridgehead atoms. The zero-order valence-electron chi connectivity index (χ0n) is 20.7. The Hall–Kier alpha value is -1.67. The monoisotopic (exact) mass is 449 g/mol. The van der Waals surface area contributed by atoms with E-state index >= 15 is 0 Å². The van der Waals surface area contributed by atoms with E-state index in [0.717, 1.165) is 61.7 Å². The molecule has 0 spiro atoms. The third-order valence-corrected chi connectivity index (χ3v) is 5.86. The number of anilines is 1. The van der Waals surface area contributed by atoms with Crippen LogP contribution < -0.4 is 10.1 Å². The normalized spacial score (nSPS) is 15.5. The van der Waals surface area contributed by atoms with E-state index in [1.807, 2.05) is 13.0 Å². The van der Waals surface area contributed by atoms with Crippen LogP contribution in [0.25, 0.3) is 0 Å². The second kappa shape index (κ2) is 13.8. The molecule has 32 heavy (non-hydrogen) atoms. The maximum atomic E-state index is 13.0. The highest BCUT2D eigenvalue weighted by Gasteiger charge is 2.23. The highest BCUT2D eigenvalue weighted by atomic mass is 16.5. The number of hydrogen-bond donors (Lipinski definition) is 2. The van der Waals surface area contributed by atoms with Crippen molar-refractivity contribution < 1.29 is 19.4 Å². The standard InChI is InChI=1S/C25H43N3O4/c1-6-31-16-17-32-22-9-8-21(19(2)3)25(24(22)20(4)5)26-23(30)18-28-13-11-27(12-14-28)10-7-15-29/h8-9,19-20,29H,6-7,10-18H2,1-5H3,(H,26,30). The Bertz CT molecular complexity index is 701. The first-order valence-corrected chi connectivity index (χ1v) is 12.1. The van der Waals surface area contributed by atoms with E-state index in [9.17, 15) is 4.79 Å². The van der Waals surface area contributed by atoms with Crippen molar-refractivity contribution in [2.24, 2.45) is 0 Å². The Morgan fingerprint density at radius 3 is 2.34 bits per heavy atom. The molecular formula is C25H43N3O4. The number of ether oxygens (including phenoxy) is 2. The van der Waals surface area contributed by atoms with Gasteiger partial charge in [-0.25, -0.2) is 0 Å². The molecule has 1 fully saturated rings. The van der Waals surface area contributed by atoms with Gasteiger partial charge in [-0.1, -0.05) is 33.8 Å². The quantitative estimate of drug-likeness (QED) is 0.450. The summed E-state index contributed by atoms with van der Waals surface area (Å²) in [6.45, 7) is 17.4. The number of aliphatic hydroxyl groups excluding tert-OH is 1. The van der Waals surface area contributed by atoms with Crippen LogP contribution in [0, 0.1) is 0 Å². The summed E-state index contributed by atoms with van der Waals surface area (Å²) in [6, 6.07) is 4.10. The van der Waals surface area contributed by atoms with Gasteiger partial charge in [0.2, 0.25) is 5.91 Å². The van der Waals surface area contributed by atoms with Gasteiger partial charge in [0.1, 0.15) is 12.4 Å². The van der Waals surface area contributed by atoms with E-state index < -0.39 is 0 Å². The molecule has 2 N–H and O–H groups in total. The summed E-state index contributed by atoms with van der Waals surface area (Å²) in [7, 11) is 0. The fourth-order valence-corrected chi connectivity index (χ4v) is 4.14. The fraction of sp³-hybridized carbons (Fsp3) is 0.720. The predicted octanol–water partition coefficient (Wildman–Crippen LogP) is 3.29. The second-order valence-electron chi connectivity index (χ2n) is 9.04. The molecule has 0 radical (unpaired) electrons. The smallest absolute Gasteiger partial charge is 0.238 e. The Balaban J connectivity index is 2.09. The highest BCUT2D eigenvalue weighted by Crippen LogP contribution is 2.39. The molecule has 1 heterocycles.